The van der Waals surface area contributed by atoms with E-state index in [1.165, 1.54) is 30.3 Å². The number of phenols is 3. The Bertz CT molecular complexity index is 978. The second-order valence-corrected chi connectivity index (χ2v) is 7.79. The smallest absolute Gasteiger partial charge is 0.229 e. The Balaban J connectivity index is 1.62. The van der Waals surface area contributed by atoms with Crippen LogP contribution in [0.5, 0.6) is 28.7 Å². The van der Waals surface area contributed by atoms with Gasteiger partial charge in [-0.05, 0) is 17.7 Å². The normalized spacial score (nSPS) is 32.1. The molecule has 1 saturated heterocycles. The molecule has 0 radical (unpaired) electrons. The van der Waals surface area contributed by atoms with Crippen LogP contribution in [0.4, 0.5) is 0 Å². The van der Waals surface area contributed by atoms with Crippen LogP contribution in [0.2, 0.25) is 0 Å². The van der Waals surface area contributed by atoms with Gasteiger partial charge in [0, 0.05) is 24.1 Å². The van der Waals surface area contributed by atoms with Crippen molar-refractivity contribution in [3.63, 3.8) is 0 Å². The maximum atomic E-state index is 10.7. The molecule has 32 heavy (non-hydrogen) atoms. The molecule has 174 valence electrons. The van der Waals surface area contributed by atoms with Gasteiger partial charge >= 0.3 is 0 Å². The summed E-state index contributed by atoms with van der Waals surface area (Å²) in [6, 6.07) is 6.49. The Hall–Kier alpha value is -2.80. The Morgan fingerprint density at radius 3 is 2.34 bits per heavy atom. The van der Waals surface area contributed by atoms with Crippen LogP contribution in [0.3, 0.4) is 0 Å². The average molecular weight is 452 g/mol. The zero-order chi connectivity index (χ0) is 23.2. The summed E-state index contributed by atoms with van der Waals surface area (Å²) in [4.78, 5) is 0. The van der Waals surface area contributed by atoms with E-state index in [1.54, 1.807) is 0 Å². The van der Waals surface area contributed by atoms with Crippen molar-refractivity contribution in [3.8, 4) is 28.7 Å². The molecule has 8 N–H and O–H groups in total. The molecular formula is C21H24O11. The number of benzene rings is 2. The Morgan fingerprint density at radius 2 is 1.66 bits per heavy atom. The summed E-state index contributed by atoms with van der Waals surface area (Å²) < 4.78 is 16.8. The molecule has 0 unspecified atom stereocenters. The van der Waals surface area contributed by atoms with Crippen molar-refractivity contribution < 1.29 is 55.1 Å². The lowest BCUT2D eigenvalue weighted by Crippen LogP contribution is -2.60. The summed E-state index contributed by atoms with van der Waals surface area (Å²) in [6.45, 7) is -0.633. The second kappa shape index (κ2) is 8.62. The number of aromatic hydroxyl groups is 3. The van der Waals surface area contributed by atoms with Crippen molar-refractivity contribution >= 4 is 0 Å². The van der Waals surface area contributed by atoms with Crippen molar-refractivity contribution in [2.75, 3.05) is 6.61 Å². The van der Waals surface area contributed by atoms with Crippen molar-refractivity contribution in [1.29, 1.82) is 0 Å². The lowest BCUT2D eigenvalue weighted by atomic mass is 9.93. The maximum absolute atomic E-state index is 10.7. The number of rotatable bonds is 4. The first kappa shape index (κ1) is 22.4. The molecule has 11 heteroatoms. The first-order chi connectivity index (χ1) is 15.2. The number of hydrogen-bond donors (Lipinski definition) is 8. The molecule has 0 aromatic heterocycles. The van der Waals surface area contributed by atoms with Crippen LogP contribution >= 0.6 is 0 Å². The van der Waals surface area contributed by atoms with Crippen molar-refractivity contribution in [1.82, 2.24) is 0 Å². The van der Waals surface area contributed by atoms with Gasteiger partial charge in [0.1, 0.15) is 47.8 Å². The van der Waals surface area contributed by atoms with E-state index in [2.05, 4.69) is 0 Å². The highest BCUT2D eigenvalue weighted by Gasteiger charge is 2.45. The van der Waals surface area contributed by atoms with E-state index in [0.29, 0.717) is 11.1 Å². The standard InChI is InChI=1S/C21H24O11/c22-7-16-17(27)18(28)19(29)21(32-16)31-15-5-9(23)4-14-10(15)6-13(26)20(30-14)8-1-2-11(24)12(25)3-8/h1-5,13,16-29H,6-7H2/t13-,16-,17+,18-,19+,20+,21+/m0/s1. The van der Waals surface area contributed by atoms with E-state index in [1.807, 2.05) is 0 Å². The number of phenolic OH excluding ortho intramolecular Hbond substituents is 3. The predicted molar refractivity (Wildman–Crippen MR) is 105 cm³/mol. The molecule has 7 atom stereocenters. The third-order valence-corrected chi connectivity index (χ3v) is 5.59. The van der Waals surface area contributed by atoms with Crippen LogP contribution in [0.15, 0.2) is 30.3 Å². The predicted octanol–water partition coefficient (Wildman–Crippen LogP) is -0.981. The third kappa shape index (κ3) is 4.01. The molecule has 2 aliphatic heterocycles. The van der Waals surface area contributed by atoms with E-state index in [4.69, 9.17) is 14.2 Å². The topological polar surface area (TPSA) is 190 Å². The van der Waals surface area contributed by atoms with Gasteiger partial charge in [0.15, 0.2) is 11.5 Å². The minimum Gasteiger partial charge on any atom is -0.508 e. The largest absolute Gasteiger partial charge is 0.508 e. The Morgan fingerprint density at radius 1 is 0.906 bits per heavy atom. The van der Waals surface area contributed by atoms with Crippen molar-refractivity contribution in [2.24, 2.45) is 0 Å². The van der Waals surface area contributed by atoms with Gasteiger partial charge in [-0.3, -0.25) is 0 Å². The fourth-order valence-electron chi connectivity index (χ4n) is 3.85. The van der Waals surface area contributed by atoms with Crippen LogP contribution in [0.25, 0.3) is 0 Å². The first-order valence-corrected chi connectivity index (χ1v) is 9.89. The van der Waals surface area contributed by atoms with E-state index < -0.39 is 49.5 Å². The first-order valence-electron chi connectivity index (χ1n) is 9.89. The lowest BCUT2D eigenvalue weighted by molar-refractivity contribution is -0.277. The zero-order valence-electron chi connectivity index (χ0n) is 16.6. The molecule has 0 amide bonds. The molecule has 0 saturated carbocycles. The van der Waals surface area contributed by atoms with E-state index in [-0.39, 0.29) is 35.2 Å². The van der Waals surface area contributed by atoms with Gasteiger partial charge < -0.3 is 55.1 Å². The van der Waals surface area contributed by atoms with Crippen molar-refractivity contribution in [3.05, 3.63) is 41.5 Å². The van der Waals surface area contributed by atoms with Gasteiger partial charge in [-0.15, -0.1) is 0 Å². The quantitative estimate of drug-likeness (QED) is 0.266. The Kier molecular flexibility index (Phi) is 6.03. The number of fused-ring (bicyclic) bond motifs is 1. The van der Waals surface area contributed by atoms with Crippen molar-refractivity contribution in [2.45, 2.75) is 49.3 Å². The molecule has 2 aliphatic rings. The molecule has 0 spiro atoms. The Labute approximate surface area is 181 Å². The summed E-state index contributed by atoms with van der Waals surface area (Å²) in [6.07, 6.45) is -9.56. The molecule has 4 rings (SSSR count). The summed E-state index contributed by atoms with van der Waals surface area (Å²) in [7, 11) is 0. The van der Waals surface area contributed by atoms with Crippen LogP contribution in [-0.4, -0.2) is 84.3 Å². The molecule has 0 aliphatic carbocycles. The van der Waals surface area contributed by atoms with Crippen LogP contribution < -0.4 is 9.47 Å². The van der Waals surface area contributed by atoms with Gasteiger partial charge in [0.25, 0.3) is 0 Å². The molecule has 2 aromatic carbocycles. The summed E-state index contributed by atoms with van der Waals surface area (Å²) in [5.41, 5.74) is 0.727. The molecular weight excluding hydrogens is 428 g/mol. The molecule has 2 heterocycles. The molecule has 1 fully saturated rings. The molecule has 0 bridgehead atoms. The fraction of sp³-hybridized carbons (Fsp3) is 0.429. The molecule has 11 nitrogen and oxygen atoms in total. The van der Waals surface area contributed by atoms with E-state index in [9.17, 15) is 40.9 Å². The highest BCUT2D eigenvalue weighted by Crippen LogP contribution is 2.44. The number of hydrogen-bond acceptors (Lipinski definition) is 11. The van der Waals surface area contributed by atoms with Gasteiger partial charge in [-0.25, -0.2) is 0 Å². The van der Waals surface area contributed by atoms with E-state index >= 15 is 0 Å². The maximum Gasteiger partial charge on any atom is 0.229 e. The van der Waals surface area contributed by atoms with Gasteiger partial charge in [0.2, 0.25) is 6.29 Å². The minimum atomic E-state index is -1.66. The minimum absolute atomic E-state index is 0.00428. The van der Waals surface area contributed by atoms with Gasteiger partial charge in [-0.2, -0.15) is 0 Å². The van der Waals surface area contributed by atoms with Crippen LogP contribution in [-0.2, 0) is 11.2 Å². The monoisotopic (exact) mass is 452 g/mol. The highest BCUT2D eigenvalue weighted by molar-refractivity contribution is 5.52. The summed E-state index contributed by atoms with van der Waals surface area (Å²) in [5.74, 6) is -0.811. The highest BCUT2D eigenvalue weighted by atomic mass is 16.7. The SMILES string of the molecule is OC[C@@H]1O[C@@H](Oc2cc(O)cc3c2C[C@H](O)[C@@H](c2ccc(O)c(O)c2)O3)[C@H](O)[C@@H](O)[C@@H]1O. The third-order valence-electron chi connectivity index (χ3n) is 5.59. The summed E-state index contributed by atoms with van der Waals surface area (Å²) >= 11 is 0. The summed E-state index contributed by atoms with van der Waals surface area (Å²) in [5, 5.41) is 79.5. The number of aliphatic hydroxyl groups is 5. The average Bonchev–Trinajstić information content (AvgIpc) is 2.76. The van der Waals surface area contributed by atoms with Gasteiger partial charge in [0.05, 0.1) is 12.7 Å². The van der Waals surface area contributed by atoms with Crippen LogP contribution in [0.1, 0.15) is 17.2 Å². The fourth-order valence-corrected chi connectivity index (χ4v) is 3.85. The number of ether oxygens (including phenoxy) is 3. The van der Waals surface area contributed by atoms with E-state index in [0.717, 1.165) is 0 Å². The van der Waals surface area contributed by atoms with Gasteiger partial charge in [-0.1, -0.05) is 6.07 Å². The zero-order valence-corrected chi connectivity index (χ0v) is 16.6. The lowest BCUT2D eigenvalue weighted by Gasteiger charge is -2.40. The van der Waals surface area contributed by atoms with Crippen LogP contribution in [0, 0.1) is 0 Å². The number of aliphatic hydroxyl groups excluding tert-OH is 5. The molecule has 2 aromatic rings. The second-order valence-electron chi connectivity index (χ2n) is 7.79.